The van der Waals surface area contributed by atoms with Crippen LogP contribution in [0.15, 0.2) is 43.0 Å². The zero-order valence-corrected chi connectivity index (χ0v) is 10.9. The molecule has 0 saturated heterocycles. The molecular formula is C15H23NO. The highest BCUT2D eigenvalue weighted by atomic mass is 16.5. The van der Waals surface area contributed by atoms with Crippen LogP contribution in [0.2, 0.25) is 0 Å². The summed E-state index contributed by atoms with van der Waals surface area (Å²) in [4.78, 5) is 0. The minimum Gasteiger partial charge on any atom is -0.372 e. The Kier molecular flexibility index (Phi) is 6.60. The van der Waals surface area contributed by atoms with Crippen molar-refractivity contribution in [1.82, 2.24) is 5.32 Å². The smallest absolute Gasteiger partial charge is 0.0949 e. The van der Waals surface area contributed by atoms with Crippen LogP contribution in [0.5, 0.6) is 0 Å². The molecule has 0 fully saturated rings. The minimum absolute atomic E-state index is 0.124. The van der Waals surface area contributed by atoms with Crippen LogP contribution in [-0.2, 0) is 4.74 Å². The molecule has 2 heteroatoms. The lowest BCUT2D eigenvalue weighted by atomic mass is 10.1. The molecular weight excluding hydrogens is 210 g/mol. The first-order valence-corrected chi connectivity index (χ1v) is 6.25. The predicted molar refractivity (Wildman–Crippen MR) is 73.1 cm³/mol. The highest BCUT2D eigenvalue weighted by molar-refractivity contribution is 5.17. The zero-order chi connectivity index (χ0) is 12.5. The normalized spacial score (nSPS) is 12.6. The quantitative estimate of drug-likeness (QED) is 0.549. The Bertz CT molecular complexity index is 308. The van der Waals surface area contributed by atoms with Crippen molar-refractivity contribution in [2.75, 3.05) is 13.2 Å². The number of rotatable bonds is 8. The molecule has 1 N–H and O–H groups in total. The molecule has 1 atom stereocenters. The van der Waals surface area contributed by atoms with Crippen molar-refractivity contribution in [1.29, 1.82) is 0 Å². The summed E-state index contributed by atoms with van der Waals surface area (Å²) in [6, 6.07) is 10.8. The first-order chi connectivity index (χ1) is 8.24. The SMILES string of the molecule is C=CCCOC(CNC(C)C)c1ccccc1. The van der Waals surface area contributed by atoms with E-state index < -0.39 is 0 Å². The van der Waals surface area contributed by atoms with Gasteiger partial charge < -0.3 is 10.1 Å². The second-order valence-electron chi connectivity index (χ2n) is 4.41. The molecule has 0 aliphatic carbocycles. The Morgan fingerprint density at radius 2 is 2.00 bits per heavy atom. The van der Waals surface area contributed by atoms with Crippen molar-refractivity contribution in [3.8, 4) is 0 Å². The second-order valence-corrected chi connectivity index (χ2v) is 4.41. The van der Waals surface area contributed by atoms with Gasteiger partial charge in [0.1, 0.15) is 0 Å². The highest BCUT2D eigenvalue weighted by Gasteiger charge is 2.11. The van der Waals surface area contributed by atoms with Crippen molar-refractivity contribution < 1.29 is 4.74 Å². The van der Waals surface area contributed by atoms with Crippen molar-refractivity contribution in [2.24, 2.45) is 0 Å². The first-order valence-electron chi connectivity index (χ1n) is 6.25. The fourth-order valence-electron chi connectivity index (χ4n) is 1.58. The van der Waals surface area contributed by atoms with Crippen molar-refractivity contribution >= 4 is 0 Å². The Hall–Kier alpha value is -1.12. The third-order valence-corrected chi connectivity index (χ3v) is 2.52. The van der Waals surface area contributed by atoms with Crippen LogP contribution in [0, 0.1) is 0 Å². The van der Waals surface area contributed by atoms with E-state index in [-0.39, 0.29) is 6.10 Å². The van der Waals surface area contributed by atoms with Gasteiger partial charge in [-0.05, 0) is 12.0 Å². The highest BCUT2D eigenvalue weighted by Crippen LogP contribution is 2.16. The van der Waals surface area contributed by atoms with Gasteiger partial charge in [-0.15, -0.1) is 6.58 Å². The Balaban J connectivity index is 2.55. The predicted octanol–water partition coefficient (Wildman–Crippen LogP) is 3.32. The van der Waals surface area contributed by atoms with E-state index in [1.54, 1.807) is 0 Å². The van der Waals surface area contributed by atoms with E-state index in [1.807, 2.05) is 12.1 Å². The molecule has 0 radical (unpaired) electrons. The van der Waals surface area contributed by atoms with Crippen LogP contribution in [-0.4, -0.2) is 19.2 Å². The van der Waals surface area contributed by atoms with E-state index in [4.69, 9.17) is 4.74 Å². The van der Waals surface area contributed by atoms with Crippen LogP contribution >= 0.6 is 0 Å². The molecule has 0 bridgehead atoms. The number of hydrogen-bond acceptors (Lipinski definition) is 2. The van der Waals surface area contributed by atoms with Gasteiger partial charge in [0.25, 0.3) is 0 Å². The Labute approximate surface area is 105 Å². The summed E-state index contributed by atoms with van der Waals surface area (Å²) in [7, 11) is 0. The summed E-state index contributed by atoms with van der Waals surface area (Å²) in [5.41, 5.74) is 1.23. The fraction of sp³-hybridized carbons (Fsp3) is 0.467. The van der Waals surface area contributed by atoms with E-state index in [1.165, 1.54) is 5.56 Å². The largest absolute Gasteiger partial charge is 0.372 e. The van der Waals surface area contributed by atoms with E-state index in [2.05, 4.69) is 50.0 Å². The summed E-state index contributed by atoms with van der Waals surface area (Å²) >= 11 is 0. The molecule has 1 unspecified atom stereocenters. The molecule has 94 valence electrons. The van der Waals surface area contributed by atoms with Crippen LogP contribution in [0.4, 0.5) is 0 Å². The minimum atomic E-state index is 0.124. The van der Waals surface area contributed by atoms with Gasteiger partial charge in [0, 0.05) is 12.6 Å². The molecule has 1 aromatic rings. The van der Waals surface area contributed by atoms with Crippen molar-refractivity contribution in [3.05, 3.63) is 48.6 Å². The lowest BCUT2D eigenvalue weighted by molar-refractivity contribution is 0.0545. The van der Waals surface area contributed by atoms with Crippen molar-refractivity contribution in [3.63, 3.8) is 0 Å². The van der Waals surface area contributed by atoms with Gasteiger partial charge in [-0.2, -0.15) is 0 Å². The molecule has 0 heterocycles. The number of hydrogen-bond donors (Lipinski definition) is 1. The van der Waals surface area contributed by atoms with Gasteiger partial charge in [0.15, 0.2) is 0 Å². The van der Waals surface area contributed by atoms with E-state index in [0.29, 0.717) is 6.04 Å². The van der Waals surface area contributed by atoms with Crippen LogP contribution in [0.3, 0.4) is 0 Å². The topological polar surface area (TPSA) is 21.3 Å². The van der Waals surface area contributed by atoms with Gasteiger partial charge in [-0.3, -0.25) is 0 Å². The third kappa shape index (κ3) is 5.66. The number of ether oxygens (including phenoxy) is 1. The second kappa shape index (κ2) is 8.04. The lowest BCUT2D eigenvalue weighted by Gasteiger charge is -2.20. The van der Waals surface area contributed by atoms with E-state index >= 15 is 0 Å². The molecule has 0 aromatic heterocycles. The van der Waals surface area contributed by atoms with Gasteiger partial charge in [0.2, 0.25) is 0 Å². The maximum Gasteiger partial charge on any atom is 0.0949 e. The summed E-state index contributed by atoms with van der Waals surface area (Å²) in [6.45, 7) is 9.57. The Morgan fingerprint density at radius 3 is 2.59 bits per heavy atom. The van der Waals surface area contributed by atoms with Crippen LogP contribution < -0.4 is 5.32 Å². The molecule has 2 nitrogen and oxygen atoms in total. The molecule has 1 rings (SSSR count). The molecule has 0 aliphatic heterocycles. The standard InChI is InChI=1S/C15H23NO/c1-4-5-11-17-15(12-16-13(2)3)14-9-7-6-8-10-14/h4,6-10,13,15-16H,1,5,11-12H2,2-3H3. The molecule has 0 saturated carbocycles. The lowest BCUT2D eigenvalue weighted by Crippen LogP contribution is -2.29. The third-order valence-electron chi connectivity index (χ3n) is 2.52. The van der Waals surface area contributed by atoms with E-state index in [0.717, 1.165) is 19.6 Å². The van der Waals surface area contributed by atoms with Crippen LogP contribution in [0.25, 0.3) is 0 Å². The number of benzene rings is 1. The van der Waals surface area contributed by atoms with Crippen molar-refractivity contribution in [2.45, 2.75) is 32.4 Å². The zero-order valence-electron chi connectivity index (χ0n) is 10.9. The average Bonchev–Trinajstić information content (AvgIpc) is 2.34. The molecule has 1 aromatic carbocycles. The van der Waals surface area contributed by atoms with Gasteiger partial charge in [0.05, 0.1) is 12.7 Å². The average molecular weight is 233 g/mol. The monoisotopic (exact) mass is 233 g/mol. The first kappa shape index (κ1) is 13.9. The summed E-state index contributed by atoms with van der Waals surface area (Å²) < 4.78 is 5.89. The fourth-order valence-corrected chi connectivity index (χ4v) is 1.58. The summed E-state index contributed by atoms with van der Waals surface area (Å²) in [5.74, 6) is 0. The summed E-state index contributed by atoms with van der Waals surface area (Å²) in [6.07, 6.45) is 2.90. The molecule has 0 spiro atoms. The van der Waals surface area contributed by atoms with Crippen LogP contribution in [0.1, 0.15) is 31.9 Å². The van der Waals surface area contributed by atoms with Gasteiger partial charge in [-0.25, -0.2) is 0 Å². The Morgan fingerprint density at radius 1 is 1.29 bits per heavy atom. The van der Waals surface area contributed by atoms with Gasteiger partial charge >= 0.3 is 0 Å². The molecule has 0 aliphatic rings. The van der Waals surface area contributed by atoms with E-state index in [9.17, 15) is 0 Å². The molecule has 17 heavy (non-hydrogen) atoms. The maximum atomic E-state index is 5.89. The molecule has 0 amide bonds. The number of nitrogens with one attached hydrogen (secondary N) is 1. The summed E-state index contributed by atoms with van der Waals surface area (Å²) in [5, 5.41) is 3.42. The maximum absolute atomic E-state index is 5.89. The van der Waals surface area contributed by atoms with Gasteiger partial charge in [-0.1, -0.05) is 50.3 Å².